The lowest BCUT2D eigenvalue weighted by atomic mass is 9.69. The summed E-state index contributed by atoms with van der Waals surface area (Å²) in [5, 5.41) is 0. The Morgan fingerprint density at radius 2 is 1.51 bits per heavy atom. The normalized spacial score (nSPS) is 27.6. The molecule has 2 aromatic carbocycles. The highest BCUT2D eigenvalue weighted by atomic mass is 32.2. The van der Waals surface area contributed by atoms with Crippen LogP contribution in [0, 0.1) is 18.3 Å². The van der Waals surface area contributed by atoms with Crippen LogP contribution < -0.4 is 0 Å². The molecule has 1 amide bonds. The molecule has 0 spiro atoms. The van der Waals surface area contributed by atoms with Crippen molar-refractivity contribution in [2.45, 2.75) is 99.4 Å². The monoisotopic (exact) mass is 661 g/mol. The zero-order chi connectivity index (χ0) is 33.4. The number of ketones is 1. The topological polar surface area (TPSA) is 71.5 Å². The third kappa shape index (κ3) is 4.98. The van der Waals surface area contributed by atoms with Crippen molar-refractivity contribution in [3.8, 4) is 0 Å². The van der Waals surface area contributed by atoms with Gasteiger partial charge in [0.25, 0.3) is 0 Å². The third-order valence-corrected chi connectivity index (χ3v) is 12.8. The number of rotatable bonds is 5. The lowest BCUT2D eigenvalue weighted by molar-refractivity contribution is -0.348. The minimum absolute atomic E-state index is 0.0143. The fourth-order valence-electron chi connectivity index (χ4n) is 7.69. The van der Waals surface area contributed by atoms with E-state index in [1.165, 1.54) is 30.0 Å². The average molecular weight is 662 g/mol. The number of nitrogens with zero attached hydrogens (tertiary/aromatic N) is 1. The van der Waals surface area contributed by atoms with Crippen LogP contribution in [0.5, 0.6) is 0 Å². The van der Waals surface area contributed by atoms with E-state index in [4.69, 9.17) is 0 Å². The SMILES string of the molecule is CC(=O)C1CCC(C)(C(=O)N2CCC3(S(=O)(=O)c4cccc(C)c4)c4ccc(C(F)(C(F)(F)F)C(F)(F)F)cc4CCC23)CC1. The molecule has 0 radical (unpaired) electrons. The zero-order valence-electron chi connectivity index (χ0n) is 25.0. The number of halogens is 7. The van der Waals surface area contributed by atoms with Crippen molar-refractivity contribution in [2.75, 3.05) is 6.54 Å². The molecule has 1 saturated heterocycles. The molecule has 2 aliphatic carbocycles. The van der Waals surface area contributed by atoms with Gasteiger partial charge < -0.3 is 4.90 Å². The number of hydrogen-bond donors (Lipinski definition) is 0. The second kappa shape index (κ2) is 10.8. The van der Waals surface area contributed by atoms with Gasteiger partial charge in [0.1, 0.15) is 10.5 Å². The molecule has 2 fully saturated rings. The quantitative estimate of drug-likeness (QED) is 0.316. The van der Waals surface area contributed by atoms with Gasteiger partial charge in [-0.3, -0.25) is 9.59 Å². The van der Waals surface area contributed by atoms with E-state index in [0.29, 0.717) is 43.4 Å². The summed E-state index contributed by atoms with van der Waals surface area (Å²) in [5.74, 6) is -0.435. The van der Waals surface area contributed by atoms with Gasteiger partial charge >= 0.3 is 18.0 Å². The molecular formula is C32H34F7NO4S. The van der Waals surface area contributed by atoms with E-state index in [9.17, 15) is 44.3 Å². The van der Waals surface area contributed by atoms with Gasteiger partial charge in [-0.1, -0.05) is 37.3 Å². The fraction of sp³-hybridized carbons (Fsp3) is 0.562. The summed E-state index contributed by atoms with van der Waals surface area (Å²) >= 11 is 0. The minimum atomic E-state index is -6.32. The van der Waals surface area contributed by atoms with Crippen LogP contribution in [-0.4, -0.2) is 49.9 Å². The number of aryl methyl sites for hydroxylation is 2. The van der Waals surface area contributed by atoms with Gasteiger partial charge in [-0.25, -0.2) is 12.8 Å². The number of amides is 1. The Kier molecular flexibility index (Phi) is 8.02. The maximum absolute atomic E-state index is 15.1. The number of hydrogen-bond acceptors (Lipinski definition) is 4. The largest absolute Gasteiger partial charge is 0.435 e. The number of benzene rings is 2. The van der Waals surface area contributed by atoms with Crippen LogP contribution in [0.4, 0.5) is 30.7 Å². The van der Waals surface area contributed by atoms with Gasteiger partial charge in [0.2, 0.25) is 5.91 Å². The van der Waals surface area contributed by atoms with Crippen molar-refractivity contribution < 1.29 is 48.7 Å². The highest BCUT2D eigenvalue weighted by molar-refractivity contribution is 7.92. The third-order valence-electron chi connectivity index (χ3n) is 10.3. The summed E-state index contributed by atoms with van der Waals surface area (Å²) < 4.78 is 124. The molecule has 0 bridgehead atoms. The summed E-state index contributed by atoms with van der Waals surface area (Å²) in [5.41, 5.74) is -7.79. The molecule has 1 saturated carbocycles. The first kappa shape index (κ1) is 33.4. The molecule has 2 aromatic rings. The van der Waals surface area contributed by atoms with Crippen molar-refractivity contribution in [3.63, 3.8) is 0 Å². The Bertz CT molecular complexity index is 1610. The molecule has 0 N–H and O–H groups in total. The predicted octanol–water partition coefficient (Wildman–Crippen LogP) is 7.29. The van der Waals surface area contributed by atoms with Gasteiger partial charge in [0.05, 0.1) is 10.9 Å². The summed E-state index contributed by atoms with van der Waals surface area (Å²) in [7, 11) is -4.42. The van der Waals surface area contributed by atoms with Gasteiger partial charge in [-0.2, -0.15) is 26.3 Å². The fourth-order valence-corrected chi connectivity index (χ4v) is 10.2. The summed E-state index contributed by atoms with van der Waals surface area (Å²) in [6.07, 6.45) is -11.2. The van der Waals surface area contributed by atoms with Gasteiger partial charge in [-0.15, -0.1) is 0 Å². The van der Waals surface area contributed by atoms with Crippen LogP contribution >= 0.6 is 0 Å². The van der Waals surface area contributed by atoms with Crippen molar-refractivity contribution in [1.29, 1.82) is 0 Å². The molecule has 3 aliphatic rings. The van der Waals surface area contributed by atoms with E-state index in [2.05, 4.69) is 0 Å². The van der Waals surface area contributed by atoms with Crippen LogP contribution in [0.1, 0.15) is 74.6 Å². The summed E-state index contributed by atoms with van der Waals surface area (Å²) in [6, 6.07) is 6.73. The molecule has 2 unspecified atom stereocenters. The Labute approximate surface area is 257 Å². The van der Waals surface area contributed by atoms with Crippen molar-refractivity contribution in [3.05, 3.63) is 64.7 Å². The van der Waals surface area contributed by atoms with Crippen molar-refractivity contribution >= 4 is 21.5 Å². The van der Waals surface area contributed by atoms with Crippen LogP contribution in [0.15, 0.2) is 47.4 Å². The predicted molar refractivity (Wildman–Crippen MR) is 151 cm³/mol. The average Bonchev–Trinajstić information content (AvgIpc) is 3.36. The Morgan fingerprint density at radius 1 is 0.889 bits per heavy atom. The van der Waals surface area contributed by atoms with Crippen molar-refractivity contribution in [2.24, 2.45) is 11.3 Å². The molecule has 2 atom stereocenters. The van der Waals surface area contributed by atoms with E-state index in [1.54, 1.807) is 19.9 Å². The maximum Gasteiger partial charge on any atom is 0.435 e. The molecule has 1 heterocycles. The highest BCUT2D eigenvalue weighted by Crippen LogP contribution is 2.57. The van der Waals surface area contributed by atoms with Gasteiger partial charge in [0.15, 0.2) is 9.84 Å². The lowest BCUT2D eigenvalue weighted by Crippen LogP contribution is -2.55. The number of carbonyl (C=O) groups is 2. The molecular weight excluding hydrogens is 627 g/mol. The molecule has 45 heavy (non-hydrogen) atoms. The second-order valence-corrected chi connectivity index (χ2v) is 15.2. The van der Waals surface area contributed by atoms with Crippen LogP contribution in [0.25, 0.3) is 0 Å². The number of alkyl halides is 7. The molecule has 5 nitrogen and oxygen atoms in total. The van der Waals surface area contributed by atoms with Gasteiger partial charge in [0, 0.05) is 23.4 Å². The molecule has 5 rings (SSSR count). The Hall–Kier alpha value is -2.96. The van der Waals surface area contributed by atoms with Crippen LogP contribution in [0.3, 0.4) is 0 Å². The van der Waals surface area contributed by atoms with E-state index >= 15 is 4.39 Å². The number of likely N-dealkylation sites (tertiary alicyclic amines) is 1. The standard InChI is InChI=1S/C32H34F7NO4S/c1-19-5-4-6-24(17-19)45(43,44)29-15-16-40(27(42)28(3)13-11-21(12-14-28)20(2)41)26(29)10-7-22-18-23(8-9-25(22)29)30(33,31(34,35)36)32(37,38)39/h4-6,8-9,17-18,21,26H,7,10-16H2,1-3H3. The number of fused-ring (bicyclic) bond motifs is 3. The first-order chi connectivity index (χ1) is 20.7. The first-order valence-corrected chi connectivity index (χ1v) is 16.3. The maximum atomic E-state index is 15.1. The molecule has 1 aliphatic heterocycles. The van der Waals surface area contributed by atoms with E-state index in [1.807, 2.05) is 0 Å². The van der Waals surface area contributed by atoms with E-state index in [0.717, 1.165) is 6.07 Å². The molecule has 246 valence electrons. The van der Waals surface area contributed by atoms with E-state index < -0.39 is 49.6 Å². The number of Topliss-reactive ketones (excluding diaryl/α,β-unsaturated/α-hetero) is 1. The first-order valence-electron chi connectivity index (χ1n) is 14.8. The second-order valence-electron chi connectivity index (χ2n) is 13.0. The number of sulfone groups is 1. The van der Waals surface area contributed by atoms with Crippen LogP contribution in [-0.2, 0) is 36.3 Å². The summed E-state index contributed by atoms with van der Waals surface area (Å²) in [6.45, 7) is 4.94. The van der Waals surface area contributed by atoms with Crippen LogP contribution in [0.2, 0.25) is 0 Å². The Balaban J connectivity index is 1.65. The highest BCUT2D eigenvalue weighted by Gasteiger charge is 2.74. The van der Waals surface area contributed by atoms with E-state index in [-0.39, 0.29) is 59.4 Å². The summed E-state index contributed by atoms with van der Waals surface area (Å²) in [4.78, 5) is 27.5. The molecule has 13 heteroatoms. The van der Waals surface area contributed by atoms with Gasteiger partial charge in [-0.05, 0) is 87.6 Å². The lowest BCUT2D eigenvalue weighted by Gasteiger charge is -2.45. The number of carbonyl (C=O) groups excluding carboxylic acids is 2. The zero-order valence-corrected chi connectivity index (χ0v) is 25.8. The van der Waals surface area contributed by atoms with Crippen molar-refractivity contribution in [1.82, 2.24) is 4.90 Å². The smallest absolute Gasteiger partial charge is 0.337 e. The minimum Gasteiger partial charge on any atom is -0.337 e. The molecule has 0 aromatic heterocycles. The Morgan fingerprint density at radius 3 is 2.07 bits per heavy atom.